The molecule has 8 heteroatoms. The van der Waals surface area contributed by atoms with E-state index in [0.717, 1.165) is 17.4 Å². The average molecular weight is 385 g/mol. The average Bonchev–Trinajstić information content (AvgIpc) is 2.89. The lowest BCUT2D eigenvalue weighted by Gasteiger charge is -2.17. The van der Waals surface area contributed by atoms with Crippen LogP contribution >= 0.6 is 24.0 Å². The number of para-hydroxylation sites is 1. The zero-order valence-electron chi connectivity index (χ0n) is 14.1. The summed E-state index contributed by atoms with van der Waals surface area (Å²) >= 11 is 6.48. The first-order valence-corrected chi connectivity index (χ1v) is 8.89. The summed E-state index contributed by atoms with van der Waals surface area (Å²) in [6, 6.07) is 13.8. The van der Waals surface area contributed by atoms with Crippen molar-refractivity contribution in [1.29, 1.82) is 0 Å². The molecule has 0 aromatic heterocycles. The predicted molar refractivity (Wildman–Crippen MR) is 110 cm³/mol. The van der Waals surface area contributed by atoms with E-state index in [1.54, 1.807) is 18.2 Å². The summed E-state index contributed by atoms with van der Waals surface area (Å²) in [6.45, 7) is 0. The van der Waals surface area contributed by atoms with Gasteiger partial charge < -0.3 is 4.90 Å². The van der Waals surface area contributed by atoms with Crippen LogP contribution in [0.4, 0.5) is 17.1 Å². The van der Waals surface area contributed by atoms with Crippen LogP contribution < -0.4 is 9.80 Å². The van der Waals surface area contributed by atoms with E-state index >= 15 is 0 Å². The Hall–Kier alpha value is -2.71. The fourth-order valence-electron chi connectivity index (χ4n) is 2.51. The van der Waals surface area contributed by atoms with Crippen LogP contribution in [0.3, 0.4) is 0 Å². The topological polar surface area (TPSA) is 66.7 Å². The Balaban J connectivity index is 1.93. The highest BCUT2D eigenvalue weighted by molar-refractivity contribution is 8.27. The molecule has 0 bridgehead atoms. The SMILES string of the molecule is CN(C)c1ccc(N2C(=O)/C(=C\c3ccccc3[N+](=O)[O-])SC2=S)cc1. The van der Waals surface area contributed by atoms with Gasteiger partial charge in [0.2, 0.25) is 0 Å². The first kappa shape index (κ1) is 18.1. The Bertz CT molecular complexity index is 924. The maximum Gasteiger partial charge on any atom is 0.276 e. The van der Waals surface area contributed by atoms with Crippen LogP contribution in [0.15, 0.2) is 53.4 Å². The molecule has 0 N–H and O–H groups in total. The van der Waals surface area contributed by atoms with Gasteiger partial charge in [0.1, 0.15) is 0 Å². The van der Waals surface area contributed by atoms with Crippen LogP contribution in [-0.4, -0.2) is 29.2 Å². The number of hydrogen-bond acceptors (Lipinski definition) is 6. The van der Waals surface area contributed by atoms with Crippen LogP contribution in [-0.2, 0) is 4.79 Å². The monoisotopic (exact) mass is 385 g/mol. The summed E-state index contributed by atoms with van der Waals surface area (Å²) in [6.07, 6.45) is 1.52. The van der Waals surface area contributed by atoms with Gasteiger partial charge in [-0.25, -0.2) is 0 Å². The Morgan fingerprint density at radius 2 is 1.81 bits per heavy atom. The maximum atomic E-state index is 12.8. The number of amides is 1. The van der Waals surface area contributed by atoms with Gasteiger partial charge in [-0.15, -0.1) is 0 Å². The minimum Gasteiger partial charge on any atom is -0.378 e. The molecule has 2 aromatic rings. The van der Waals surface area contributed by atoms with Crippen LogP contribution in [0, 0.1) is 10.1 Å². The summed E-state index contributed by atoms with van der Waals surface area (Å²) in [4.78, 5) is 27.2. The first-order chi connectivity index (χ1) is 12.4. The van der Waals surface area contributed by atoms with E-state index in [1.807, 2.05) is 43.3 Å². The lowest BCUT2D eigenvalue weighted by molar-refractivity contribution is -0.385. The number of rotatable bonds is 4. The Morgan fingerprint density at radius 3 is 2.42 bits per heavy atom. The molecule has 1 aliphatic heterocycles. The van der Waals surface area contributed by atoms with E-state index in [4.69, 9.17) is 12.2 Å². The van der Waals surface area contributed by atoms with Crippen molar-refractivity contribution < 1.29 is 9.72 Å². The number of hydrogen-bond donors (Lipinski definition) is 0. The number of benzene rings is 2. The predicted octanol–water partition coefficient (Wildman–Crippen LogP) is 4.07. The van der Waals surface area contributed by atoms with Crippen LogP contribution in [0.25, 0.3) is 6.08 Å². The molecule has 0 atom stereocenters. The summed E-state index contributed by atoms with van der Waals surface area (Å²) in [7, 11) is 3.87. The van der Waals surface area contributed by atoms with Crippen molar-refractivity contribution in [3.63, 3.8) is 0 Å². The highest BCUT2D eigenvalue weighted by atomic mass is 32.2. The molecule has 0 unspecified atom stereocenters. The highest BCUT2D eigenvalue weighted by Crippen LogP contribution is 2.37. The maximum absolute atomic E-state index is 12.8. The molecule has 3 rings (SSSR count). The molecule has 0 spiro atoms. The van der Waals surface area contributed by atoms with E-state index in [-0.39, 0.29) is 11.6 Å². The first-order valence-electron chi connectivity index (χ1n) is 7.67. The van der Waals surface area contributed by atoms with Gasteiger partial charge in [-0.3, -0.25) is 19.8 Å². The zero-order valence-corrected chi connectivity index (χ0v) is 15.7. The molecule has 1 heterocycles. The van der Waals surface area contributed by atoms with Crippen LogP contribution in [0.2, 0.25) is 0 Å². The van der Waals surface area contributed by atoms with Crippen molar-refractivity contribution in [3.05, 3.63) is 69.1 Å². The molecule has 132 valence electrons. The van der Waals surface area contributed by atoms with Crippen molar-refractivity contribution in [2.75, 3.05) is 23.9 Å². The van der Waals surface area contributed by atoms with Gasteiger partial charge in [0, 0.05) is 25.8 Å². The number of thiocarbonyl (C=S) groups is 1. The van der Waals surface area contributed by atoms with E-state index in [2.05, 4.69) is 0 Å². The number of carbonyl (C=O) groups excluding carboxylic acids is 1. The second kappa shape index (κ2) is 7.27. The lowest BCUT2D eigenvalue weighted by Crippen LogP contribution is -2.27. The molecule has 1 aliphatic rings. The van der Waals surface area contributed by atoms with Crippen LogP contribution in [0.5, 0.6) is 0 Å². The van der Waals surface area contributed by atoms with Gasteiger partial charge in [-0.2, -0.15) is 0 Å². The second-order valence-electron chi connectivity index (χ2n) is 5.74. The van der Waals surface area contributed by atoms with E-state index in [9.17, 15) is 14.9 Å². The van der Waals surface area contributed by atoms with Crippen LogP contribution in [0.1, 0.15) is 5.56 Å². The van der Waals surface area contributed by atoms with E-state index in [1.165, 1.54) is 17.0 Å². The van der Waals surface area contributed by atoms with Crippen molar-refractivity contribution >= 4 is 57.3 Å². The molecule has 0 saturated carbocycles. The number of anilines is 2. The summed E-state index contributed by atoms with van der Waals surface area (Å²) in [5.41, 5.74) is 2.01. The van der Waals surface area contributed by atoms with Gasteiger partial charge in [0.15, 0.2) is 4.32 Å². The van der Waals surface area contributed by atoms with Gasteiger partial charge in [-0.05, 0) is 36.4 Å². The third kappa shape index (κ3) is 3.47. The summed E-state index contributed by atoms with van der Waals surface area (Å²) < 4.78 is 0.400. The van der Waals surface area contributed by atoms with Crippen molar-refractivity contribution in [3.8, 4) is 0 Å². The number of nitrogens with zero attached hydrogens (tertiary/aromatic N) is 3. The van der Waals surface area contributed by atoms with Gasteiger partial charge in [-0.1, -0.05) is 36.1 Å². The Morgan fingerprint density at radius 1 is 1.15 bits per heavy atom. The molecule has 0 aliphatic carbocycles. The molecule has 1 fully saturated rings. The minimum absolute atomic E-state index is 0.0481. The van der Waals surface area contributed by atoms with E-state index < -0.39 is 4.92 Å². The standard InChI is InChI=1S/C18H15N3O3S2/c1-19(2)13-7-9-14(10-8-13)20-17(22)16(26-18(20)25)11-12-5-3-4-6-15(12)21(23)24/h3-11H,1-2H3/b16-11+. The lowest BCUT2D eigenvalue weighted by atomic mass is 10.1. The third-order valence-corrected chi connectivity index (χ3v) is 5.14. The molecule has 6 nitrogen and oxygen atoms in total. The van der Waals surface area contributed by atoms with Crippen molar-refractivity contribution in [2.24, 2.45) is 0 Å². The van der Waals surface area contributed by atoms with Gasteiger partial charge in [0.25, 0.3) is 11.6 Å². The number of nitro benzene ring substituents is 1. The molecule has 1 saturated heterocycles. The fourth-order valence-corrected chi connectivity index (χ4v) is 3.80. The summed E-state index contributed by atoms with van der Waals surface area (Å²) in [5.74, 6) is -0.282. The Kier molecular flexibility index (Phi) is 5.06. The summed E-state index contributed by atoms with van der Waals surface area (Å²) in [5, 5.41) is 11.2. The molecule has 26 heavy (non-hydrogen) atoms. The van der Waals surface area contributed by atoms with Crippen molar-refractivity contribution in [2.45, 2.75) is 0 Å². The highest BCUT2D eigenvalue weighted by Gasteiger charge is 2.33. The fraction of sp³-hybridized carbons (Fsp3) is 0.111. The van der Waals surface area contributed by atoms with Crippen molar-refractivity contribution in [1.82, 2.24) is 0 Å². The van der Waals surface area contributed by atoms with Gasteiger partial charge >= 0.3 is 0 Å². The quantitative estimate of drug-likeness (QED) is 0.342. The van der Waals surface area contributed by atoms with E-state index in [0.29, 0.717) is 20.5 Å². The minimum atomic E-state index is -0.466. The second-order valence-corrected chi connectivity index (χ2v) is 7.42. The number of carbonyl (C=O) groups is 1. The number of nitro groups is 1. The molecular weight excluding hydrogens is 370 g/mol. The Labute approximate surface area is 160 Å². The number of thioether (sulfide) groups is 1. The molecule has 0 radical (unpaired) electrons. The van der Waals surface area contributed by atoms with Gasteiger partial charge in [0.05, 0.1) is 21.1 Å². The normalized spacial score (nSPS) is 15.6. The molecular formula is C18H15N3O3S2. The largest absolute Gasteiger partial charge is 0.378 e. The zero-order chi connectivity index (χ0) is 18.8. The molecule has 2 aromatic carbocycles. The molecule has 1 amide bonds. The smallest absolute Gasteiger partial charge is 0.276 e. The third-order valence-electron chi connectivity index (χ3n) is 3.84.